The summed E-state index contributed by atoms with van der Waals surface area (Å²) >= 11 is 0. The number of aromatic nitrogens is 1. The van der Waals surface area contributed by atoms with E-state index in [-0.39, 0.29) is 0 Å². The molecule has 1 fully saturated rings. The van der Waals surface area contributed by atoms with Gasteiger partial charge in [0.1, 0.15) is 0 Å². The lowest BCUT2D eigenvalue weighted by atomic mass is 9.92. The maximum Gasteiger partial charge on any atom is 0.0361 e. The van der Waals surface area contributed by atoms with Crippen molar-refractivity contribution in [2.24, 2.45) is 11.8 Å². The third-order valence-corrected chi connectivity index (χ3v) is 3.25. The van der Waals surface area contributed by atoms with Crippen molar-refractivity contribution in [2.75, 3.05) is 7.05 Å². The predicted octanol–water partition coefficient (Wildman–Crippen LogP) is 2.39. The minimum atomic E-state index is 0.469. The van der Waals surface area contributed by atoms with Gasteiger partial charge in [-0.2, -0.15) is 0 Å². The van der Waals surface area contributed by atoms with E-state index in [1.807, 2.05) is 25.5 Å². The molecule has 0 bridgehead atoms. The first-order chi connectivity index (χ1) is 6.83. The largest absolute Gasteiger partial charge is 0.313 e. The summed E-state index contributed by atoms with van der Waals surface area (Å²) in [5, 5.41) is 3.40. The molecule has 0 aromatic carbocycles. The number of nitrogens with one attached hydrogen (secondary N) is 1. The third-order valence-electron chi connectivity index (χ3n) is 3.25. The van der Waals surface area contributed by atoms with Crippen LogP contribution in [0.5, 0.6) is 0 Å². The van der Waals surface area contributed by atoms with Crippen LogP contribution in [-0.2, 0) is 0 Å². The zero-order chi connectivity index (χ0) is 9.97. The molecule has 0 spiro atoms. The Hall–Kier alpha value is -0.890. The van der Waals surface area contributed by atoms with E-state index in [0.29, 0.717) is 6.04 Å². The Kier molecular flexibility index (Phi) is 2.82. The van der Waals surface area contributed by atoms with Crippen molar-refractivity contribution in [1.82, 2.24) is 10.3 Å². The lowest BCUT2D eigenvalue weighted by Crippen LogP contribution is -2.24. The Morgan fingerprint density at radius 3 is 2.79 bits per heavy atom. The van der Waals surface area contributed by atoms with Crippen molar-refractivity contribution in [2.45, 2.75) is 25.8 Å². The fourth-order valence-electron chi connectivity index (χ4n) is 2.19. The molecule has 76 valence electrons. The number of rotatable bonds is 4. The van der Waals surface area contributed by atoms with E-state index in [1.54, 1.807) is 0 Å². The second-order valence-electron chi connectivity index (χ2n) is 4.25. The van der Waals surface area contributed by atoms with Crippen LogP contribution >= 0.6 is 0 Å². The number of hydrogen-bond acceptors (Lipinski definition) is 2. The second kappa shape index (κ2) is 4.09. The number of hydrogen-bond donors (Lipinski definition) is 1. The second-order valence-corrected chi connectivity index (χ2v) is 4.25. The zero-order valence-electron chi connectivity index (χ0n) is 8.90. The molecule has 1 N–H and O–H groups in total. The van der Waals surface area contributed by atoms with Crippen LogP contribution < -0.4 is 5.32 Å². The van der Waals surface area contributed by atoms with Gasteiger partial charge in [-0.3, -0.25) is 4.98 Å². The van der Waals surface area contributed by atoms with E-state index < -0.39 is 0 Å². The van der Waals surface area contributed by atoms with Gasteiger partial charge in [-0.15, -0.1) is 0 Å². The standard InChI is InChI=1S/C12H18N2/c1-9(10-5-6-10)12(13-2)11-4-3-7-14-8-11/h3-4,7-10,12-13H,5-6H2,1-2H3. The molecule has 2 nitrogen and oxygen atoms in total. The van der Waals surface area contributed by atoms with Gasteiger partial charge in [-0.05, 0) is 43.4 Å². The van der Waals surface area contributed by atoms with Crippen LogP contribution in [0, 0.1) is 11.8 Å². The summed E-state index contributed by atoms with van der Waals surface area (Å²) < 4.78 is 0. The molecule has 14 heavy (non-hydrogen) atoms. The van der Waals surface area contributed by atoms with Crippen LogP contribution in [0.15, 0.2) is 24.5 Å². The topological polar surface area (TPSA) is 24.9 Å². The Morgan fingerprint density at radius 2 is 2.29 bits per heavy atom. The molecule has 2 unspecified atom stereocenters. The highest BCUT2D eigenvalue weighted by atomic mass is 14.9. The van der Waals surface area contributed by atoms with Gasteiger partial charge in [0.2, 0.25) is 0 Å². The fraction of sp³-hybridized carbons (Fsp3) is 0.583. The van der Waals surface area contributed by atoms with E-state index in [0.717, 1.165) is 11.8 Å². The Bertz CT molecular complexity index is 280. The molecule has 1 aromatic heterocycles. The highest BCUT2D eigenvalue weighted by molar-refractivity contribution is 5.15. The lowest BCUT2D eigenvalue weighted by molar-refractivity contribution is 0.368. The number of pyridine rings is 1. The van der Waals surface area contributed by atoms with Crippen LogP contribution in [0.2, 0.25) is 0 Å². The fourth-order valence-corrected chi connectivity index (χ4v) is 2.19. The summed E-state index contributed by atoms with van der Waals surface area (Å²) in [7, 11) is 2.04. The molecule has 1 aromatic rings. The first-order valence-electron chi connectivity index (χ1n) is 5.40. The van der Waals surface area contributed by atoms with Gasteiger partial charge in [0.15, 0.2) is 0 Å². The smallest absolute Gasteiger partial charge is 0.0361 e. The van der Waals surface area contributed by atoms with Crippen LogP contribution in [0.4, 0.5) is 0 Å². The zero-order valence-corrected chi connectivity index (χ0v) is 8.90. The summed E-state index contributed by atoms with van der Waals surface area (Å²) in [6, 6.07) is 4.64. The lowest BCUT2D eigenvalue weighted by Gasteiger charge is -2.23. The Balaban J connectivity index is 2.12. The molecule has 1 aliphatic rings. The average molecular weight is 190 g/mol. The van der Waals surface area contributed by atoms with Gasteiger partial charge < -0.3 is 5.32 Å². The molecule has 0 radical (unpaired) electrons. The van der Waals surface area contributed by atoms with Gasteiger partial charge >= 0.3 is 0 Å². The molecule has 0 saturated heterocycles. The number of nitrogens with zero attached hydrogens (tertiary/aromatic N) is 1. The molecule has 2 rings (SSSR count). The minimum absolute atomic E-state index is 0.469. The quantitative estimate of drug-likeness (QED) is 0.788. The van der Waals surface area contributed by atoms with Gasteiger partial charge in [0.25, 0.3) is 0 Å². The van der Waals surface area contributed by atoms with E-state index in [4.69, 9.17) is 0 Å². The summed E-state index contributed by atoms with van der Waals surface area (Å²) in [4.78, 5) is 4.18. The SMILES string of the molecule is CNC(c1cccnc1)C(C)C1CC1. The summed E-state index contributed by atoms with van der Waals surface area (Å²) in [6.07, 6.45) is 6.61. The van der Waals surface area contributed by atoms with Crippen LogP contribution in [-0.4, -0.2) is 12.0 Å². The average Bonchev–Trinajstić information content (AvgIpc) is 3.03. The van der Waals surface area contributed by atoms with E-state index >= 15 is 0 Å². The third kappa shape index (κ3) is 1.95. The minimum Gasteiger partial charge on any atom is -0.313 e. The van der Waals surface area contributed by atoms with Gasteiger partial charge in [0, 0.05) is 18.4 Å². The van der Waals surface area contributed by atoms with E-state index in [2.05, 4.69) is 23.3 Å². The van der Waals surface area contributed by atoms with Crippen LogP contribution in [0.3, 0.4) is 0 Å². The van der Waals surface area contributed by atoms with Crippen LogP contribution in [0.1, 0.15) is 31.4 Å². The molecule has 0 amide bonds. The van der Waals surface area contributed by atoms with E-state index in [1.165, 1.54) is 18.4 Å². The molecule has 1 aliphatic carbocycles. The Labute approximate surface area is 85.7 Å². The maximum absolute atomic E-state index is 4.18. The van der Waals surface area contributed by atoms with Crippen molar-refractivity contribution < 1.29 is 0 Å². The molecule has 2 heteroatoms. The highest BCUT2D eigenvalue weighted by Gasteiger charge is 2.33. The molecule has 0 aliphatic heterocycles. The van der Waals surface area contributed by atoms with Crippen LogP contribution in [0.25, 0.3) is 0 Å². The molecular formula is C12H18N2. The van der Waals surface area contributed by atoms with Crippen molar-refractivity contribution in [1.29, 1.82) is 0 Å². The summed E-state index contributed by atoms with van der Waals surface area (Å²) in [5.41, 5.74) is 1.31. The molecule has 2 atom stereocenters. The Morgan fingerprint density at radius 1 is 1.50 bits per heavy atom. The first-order valence-corrected chi connectivity index (χ1v) is 5.40. The molecule has 1 saturated carbocycles. The molecule has 1 heterocycles. The normalized spacial score (nSPS) is 20.4. The van der Waals surface area contributed by atoms with Crippen molar-refractivity contribution in [3.05, 3.63) is 30.1 Å². The predicted molar refractivity (Wildman–Crippen MR) is 57.9 cm³/mol. The molecular weight excluding hydrogens is 172 g/mol. The summed E-state index contributed by atoms with van der Waals surface area (Å²) in [5.74, 6) is 1.65. The van der Waals surface area contributed by atoms with Gasteiger partial charge in [-0.1, -0.05) is 13.0 Å². The summed E-state index contributed by atoms with van der Waals surface area (Å²) in [6.45, 7) is 2.34. The van der Waals surface area contributed by atoms with Gasteiger partial charge in [0.05, 0.1) is 0 Å². The van der Waals surface area contributed by atoms with Crippen molar-refractivity contribution >= 4 is 0 Å². The monoisotopic (exact) mass is 190 g/mol. The highest BCUT2D eigenvalue weighted by Crippen LogP contribution is 2.42. The van der Waals surface area contributed by atoms with Crippen molar-refractivity contribution in [3.8, 4) is 0 Å². The van der Waals surface area contributed by atoms with Gasteiger partial charge in [-0.25, -0.2) is 0 Å². The van der Waals surface area contributed by atoms with E-state index in [9.17, 15) is 0 Å². The van der Waals surface area contributed by atoms with Crippen molar-refractivity contribution in [3.63, 3.8) is 0 Å². The maximum atomic E-state index is 4.18. The first kappa shape index (κ1) is 9.66.